The van der Waals surface area contributed by atoms with Gasteiger partial charge in [-0.3, -0.25) is 0 Å². The molecule has 1 aromatic rings. The Kier molecular flexibility index (Phi) is 6.06. The van der Waals surface area contributed by atoms with Gasteiger partial charge in [0, 0.05) is 19.6 Å². The van der Waals surface area contributed by atoms with Gasteiger partial charge >= 0.3 is 12.2 Å². The van der Waals surface area contributed by atoms with Crippen molar-refractivity contribution in [2.75, 3.05) is 19.6 Å². The number of hydrogen-bond acceptors (Lipinski definition) is 4. The van der Waals surface area contributed by atoms with Crippen LogP contribution < -0.4 is 10.1 Å². The Bertz CT molecular complexity index is 546. The standard InChI is InChI=1S/C18H26N2O4/c1-18(2,3)24-17(22)20-11-9-14(10-12-20)13-19-16(21)23-15-7-5-4-6-8-15/h4-8,14H,9-13H2,1-3H3,(H,19,21). The quantitative estimate of drug-likeness (QED) is 0.919. The lowest BCUT2D eigenvalue weighted by molar-refractivity contribution is 0.0184. The first kappa shape index (κ1) is 18.1. The van der Waals surface area contributed by atoms with Gasteiger partial charge in [0.05, 0.1) is 0 Å². The van der Waals surface area contributed by atoms with Crippen molar-refractivity contribution < 1.29 is 19.1 Å². The molecular formula is C18H26N2O4. The number of piperidine rings is 1. The fourth-order valence-corrected chi connectivity index (χ4v) is 2.51. The Morgan fingerprint density at radius 1 is 1.17 bits per heavy atom. The number of ether oxygens (including phenoxy) is 2. The van der Waals surface area contributed by atoms with E-state index in [1.807, 2.05) is 39.0 Å². The van der Waals surface area contributed by atoms with Gasteiger partial charge < -0.3 is 19.7 Å². The molecule has 2 rings (SSSR count). The van der Waals surface area contributed by atoms with E-state index in [-0.39, 0.29) is 6.09 Å². The molecule has 1 aliphatic heterocycles. The topological polar surface area (TPSA) is 67.9 Å². The molecule has 1 fully saturated rings. The molecule has 0 aliphatic carbocycles. The molecule has 24 heavy (non-hydrogen) atoms. The lowest BCUT2D eigenvalue weighted by Crippen LogP contribution is -2.44. The third-order valence-electron chi connectivity index (χ3n) is 3.76. The molecule has 1 saturated heterocycles. The van der Waals surface area contributed by atoms with Gasteiger partial charge in [-0.2, -0.15) is 0 Å². The van der Waals surface area contributed by atoms with E-state index in [1.165, 1.54) is 0 Å². The van der Waals surface area contributed by atoms with Crippen molar-refractivity contribution in [3.8, 4) is 5.75 Å². The fraction of sp³-hybridized carbons (Fsp3) is 0.556. The van der Waals surface area contributed by atoms with E-state index < -0.39 is 11.7 Å². The zero-order chi connectivity index (χ0) is 17.6. The van der Waals surface area contributed by atoms with E-state index in [4.69, 9.17) is 9.47 Å². The van der Waals surface area contributed by atoms with Crippen LogP contribution in [0, 0.1) is 5.92 Å². The first-order valence-electron chi connectivity index (χ1n) is 8.32. The van der Waals surface area contributed by atoms with E-state index >= 15 is 0 Å². The number of hydrogen-bond donors (Lipinski definition) is 1. The zero-order valence-corrected chi connectivity index (χ0v) is 14.6. The molecule has 0 aromatic heterocycles. The number of carbonyl (C=O) groups excluding carboxylic acids is 2. The third kappa shape index (κ3) is 6.10. The highest BCUT2D eigenvalue weighted by molar-refractivity contribution is 5.70. The van der Waals surface area contributed by atoms with Crippen LogP contribution in [0.4, 0.5) is 9.59 Å². The molecule has 0 radical (unpaired) electrons. The molecule has 132 valence electrons. The molecular weight excluding hydrogens is 308 g/mol. The third-order valence-corrected chi connectivity index (χ3v) is 3.76. The maximum absolute atomic E-state index is 12.0. The molecule has 1 N–H and O–H groups in total. The van der Waals surface area contributed by atoms with Crippen molar-refractivity contribution in [3.05, 3.63) is 30.3 Å². The lowest BCUT2D eigenvalue weighted by atomic mass is 9.97. The molecule has 0 saturated carbocycles. The van der Waals surface area contributed by atoms with Crippen LogP contribution in [0.5, 0.6) is 5.75 Å². The zero-order valence-electron chi connectivity index (χ0n) is 14.6. The summed E-state index contributed by atoms with van der Waals surface area (Å²) in [6.45, 7) is 7.43. The van der Waals surface area contributed by atoms with Gasteiger partial charge in [0.1, 0.15) is 11.4 Å². The molecule has 6 heteroatoms. The van der Waals surface area contributed by atoms with Crippen LogP contribution in [-0.2, 0) is 4.74 Å². The van der Waals surface area contributed by atoms with Crippen LogP contribution >= 0.6 is 0 Å². The lowest BCUT2D eigenvalue weighted by Gasteiger charge is -2.33. The Labute approximate surface area is 143 Å². The van der Waals surface area contributed by atoms with Gasteiger partial charge in [-0.15, -0.1) is 0 Å². The minimum atomic E-state index is -0.476. The first-order chi connectivity index (χ1) is 11.3. The summed E-state index contributed by atoms with van der Waals surface area (Å²) in [6.07, 6.45) is 0.962. The van der Waals surface area contributed by atoms with Crippen molar-refractivity contribution in [1.29, 1.82) is 0 Å². The normalized spacial score (nSPS) is 15.7. The van der Waals surface area contributed by atoms with Crippen LogP contribution in [0.2, 0.25) is 0 Å². The summed E-state index contributed by atoms with van der Waals surface area (Å²) in [4.78, 5) is 25.5. The van der Waals surface area contributed by atoms with Crippen LogP contribution in [-0.4, -0.2) is 42.3 Å². The fourth-order valence-electron chi connectivity index (χ4n) is 2.51. The maximum atomic E-state index is 12.0. The second-order valence-electron chi connectivity index (χ2n) is 6.99. The first-order valence-corrected chi connectivity index (χ1v) is 8.32. The summed E-state index contributed by atoms with van der Waals surface area (Å²) < 4.78 is 10.6. The molecule has 0 bridgehead atoms. The van der Waals surface area contributed by atoms with Crippen LogP contribution in [0.1, 0.15) is 33.6 Å². The van der Waals surface area contributed by atoms with E-state index in [1.54, 1.807) is 17.0 Å². The molecule has 1 aliphatic rings. The summed E-state index contributed by atoms with van der Waals surface area (Å²) >= 11 is 0. The average molecular weight is 334 g/mol. The van der Waals surface area contributed by atoms with Crippen molar-refractivity contribution in [1.82, 2.24) is 10.2 Å². The second-order valence-corrected chi connectivity index (χ2v) is 6.99. The number of amides is 2. The Morgan fingerprint density at radius 3 is 2.38 bits per heavy atom. The highest BCUT2D eigenvalue weighted by Crippen LogP contribution is 2.19. The highest BCUT2D eigenvalue weighted by atomic mass is 16.6. The summed E-state index contributed by atoms with van der Waals surface area (Å²) in [5.74, 6) is 0.863. The van der Waals surface area contributed by atoms with Gasteiger partial charge in [0.15, 0.2) is 0 Å². The highest BCUT2D eigenvalue weighted by Gasteiger charge is 2.27. The van der Waals surface area contributed by atoms with Crippen molar-refractivity contribution in [3.63, 3.8) is 0 Å². The van der Waals surface area contributed by atoms with Gasteiger partial charge in [0.2, 0.25) is 0 Å². The van der Waals surface area contributed by atoms with Crippen molar-refractivity contribution >= 4 is 12.2 Å². The van der Waals surface area contributed by atoms with Crippen molar-refractivity contribution in [2.24, 2.45) is 5.92 Å². The number of carbonyl (C=O) groups is 2. The smallest absolute Gasteiger partial charge is 0.412 e. The number of rotatable bonds is 3. The van der Waals surface area contributed by atoms with Crippen molar-refractivity contribution in [2.45, 2.75) is 39.2 Å². The van der Waals surface area contributed by atoms with Crippen LogP contribution in [0.25, 0.3) is 0 Å². The maximum Gasteiger partial charge on any atom is 0.412 e. The number of nitrogens with zero attached hydrogens (tertiary/aromatic N) is 1. The molecule has 2 amide bonds. The Hall–Kier alpha value is -2.24. The number of benzene rings is 1. The molecule has 1 heterocycles. The molecule has 0 spiro atoms. The number of nitrogens with one attached hydrogen (secondary N) is 1. The van der Waals surface area contributed by atoms with Gasteiger partial charge in [0.25, 0.3) is 0 Å². The summed E-state index contributed by atoms with van der Waals surface area (Å²) in [5.41, 5.74) is -0.476. The molecule has 1 aromatic carbocycles. The molecule has 0 unspecified atom stereocenters. The van der Waals surface area contributed by atoms with E-state index in [9.17, 15) is 9.59 Å². The number of likely N-dealkylation sites (tertiary alicyclic amines) is 1. The minimum Gasteiger partial charge on any atom is -0.444 e. The average Bonchev–Trinajstić information content (AvgIpc) is 2.53. The second kappa shape index (κ2) is 8.04. The van der Waals surface area contributed by atoms with Crippen LogP contribution in [0.15, 0.2) is 30.3 Å². The predicted octanol–water partition coefficient (Wildman–Crippen LogP) is 3.42. The summed E-state index contributed by atoms with van der Waals surface area (Å²) in [7, 11) is 0. The van der Waals surface area contributed by atoms with Crippen LogP contribution in [0.3, 0.4) is 0 Å². The summed E-state index contributed by atoms with van der Waals surface area (Å²) in [5, 5.41) is 2.79. The van der Waals surface area contributed by atoms with Gasteiger partial charge in [-0.05, 0) is 51.7 Å². The Morgan fingerprint density at radius 2 is 1.79 bits per heavy atom. The minimum absolute atomic E-state index is 0.266. The van der Waals surface area contributed by atoms with Gasteiger partial charge in [-0.25, -0.2) is 9.59 Å². The predicted molar refractivity (Wildman–Crippen MR) is 91.0 cm³/mol. The van der Waals surface area contributed by atoms with E-state index in [0.29, 0.717) is 31.3 Å². The molecule has 6 nitrogen and oxygen atoms in total. The monoisotopic (exact) mass is 334 g/mol. The van der Waals surface area contributed by atoms with Gasteiger partial charge in [-0.1, -0.05) is 18.2 Å². The van der Waals surface area contributed by atoms with E-state index in [0.717, 1.165) is 12.8 Å². The largest absolute Gasteiger partial charge is 0.444 e. The summed E-state index contributed by atoms with van der Waals surface area (Å²) in [6, 6.07) is 8.96. The SMILES string of the molecule is CC(C)(C)OC(=O)N1CCC(CNC(=O)Oc2ccccc2)CC1. The molecule has 0 atom stereocenters. The number of para-hydroxylation sites is 1. The van der Waals surface area contributed by atoms with E-state index in [2.05, 4.69) is 5.32 Å². The Balaban J connectivity index is 1.68.